The average Bonchev–Trinajstić information content (AvgIpc) is 2.59. The van der Waals surface area contributed by atoms with Crippen LogP contribution >= 0.6 is 0 Å². The molecular weight excluding hydrogens is 192 g/mol. The van der Waals surface area contributed by atoms with Crippen molar-refractivity contribution >= 4 is 0 Å². The zero-order valence-electron chi connectivity index (χ0n) is 9.52. The predicted octanol–water partition coefficient (Wildman–Crippen LogP) is 0.502. The van der Waals surface area contributed by atoms with Gasteiger partial charge in [0, 0.05) is 38.9 Å². The molecule has 0 spiro atoms. The molecule has 0 radical (unpaired) electrons. The summed E-state index contributed by atoms with van der Waals surface area (Å²) in [6, 6.07) is 0.155. The summed E-state index contributed by atoms with van der Waals surface area (Å²) in [5.41, 5.74) is 6.92. The summed E-state index contributed by atoms with van der Waals surface area (Å²) in [6.07, 6.45) is 4.67. The topological polar surface area (TPSA) is 66.0 Å². The standard InChI is InChI=1S/C10H20N4O/c1-3-15-6-4-5-9(11)7-10-8-14(2)13-12-10/h8-9H,3-7,11H2,1-2H3. The molecule has 0 saturated carbocycles. The Morgan fingerprint density at radius 1 is 1.60 bits per heavy atom. The molecular formula is C10H20N4O. The SMILES string of the molecule is CCOCCCC(N)Cc1cn(C)nn1. The second kappa shape index (κ2) is 6.53. The molecule has 1 atom stereocenters. The Labute approximate surface area is 90.6 Å². The first kappa shape index (κ1) is 12.1. The van der Waals surface area contributed by atoms with Crippen molar-refractivity contribution in [3.8, 4) is 0 Å². The molecule has 15 heavy (non-hydrogen) atoms. The van der Waals surface area contributed by atoms with Gasteiger partial charge in [0.2, 0.25) is 0 Å². The Balaban J connectivity index is 2.15. The molecule has 0 aliphatic rings. The van der Waals surface area contributed by atoms with E-state index in [2.05, 4.69) is 10.3 Å². The van der Waals surface area contributed by atoms with Gasteiger partial charge in [-0.25, -0.2) is 0 Å². The van der Waals surface area contributed by atoms with Crippen molar-refractivity contribution in [1.82, 2.24) is 15.0 Å². The maximum absolute atomic E-state index is 5.96. The maximum atomic E-state index is 5.96. The van der Waals surface area contributed by atoms with E-state index >= 15 is 0 Å². The highest BCUT2D eigenvalue weighted by molar-refractivity contribution is 4.94. The van der Waals surface area contributed by atoms with Crippen LogP contribution in [0.25, 0.3) is 0 Å². The van der Waals surface area contributed by atoms with Crippen molar-refractivity contribution in [2.75, 3.05) is 13.2 Å². The van der Waals surface area contributed by atoms with Crippen molar-refractivity contribution in [2.24, 2.45) is 12.8 Å². The third kappa shape index (κ3) is 4.90. The van der Waals surface area contributed by atoms with Gasteiger partial charge in [0.05, 0.1) is 5.69 Å². The number of rotatable bonds is 7. The highest BCUT2D eigenvalue weighted by Crippen LogP contribution is 2.02. The lowest BCUT2D eigenvalue weighted by atomic mass is 10.1. The van der Waals surface area contributed by atoms with Crippen LogP contribution in [-0.4, -0.2) is 34.2 Å². The van der Waals surface area contributed by atoms with Gasteiger partial charge < -0.3 is 10.5 Å². The number of aromatic nitrogens is 3. The molecule has 0 aliphatic heterocycles. The maximum Gasteiger partial charge on any atom is 0.0842 e. The van der Waals surface area contributed by atoms with E-state index in [9.17, 15) is 0 Å². The van der Waals surface area contributed by atoms with Gasteiger partial charge in [0.15, 0.2) is 0 Å². The van der Waals surface area contributed by atoms with Gasteiger partial charge in [0.25, 0.3) is 0 Å². The van der Waals surface area contributed by atoms with E-state index in [1.54, 1.807) is 4.68 Å². The Morgan fingerprint density at radius 2 is 2.40 bits per heavy atom. The van der Waals surface area contributed by atoms with E-state index in [1.807, 2.05) is 20.2 Å². The molecule has 1 aromatic rings. The molecule has 2 N–H and O–H groups in total. The van der Waals surface area contributed by atoms with Crippen LogP contribution in [0.2, 0.25) is 0 Å². The first-order valence-corrected chi connectivity index (χ1v) is 5.41. The molecule has 1 heterocycles. The number of nitrogens with two attached hydrogens (primary N) is 1. The molecule has 0 bridgehead atoms. The average molecular weight is 212 g/mol. The molecule has 0 saturated heterocycles. The fourth-order valence-electron chi connectivity index (χ4n) is 1.45. The molecule has 1 unspecified atom stereocenters. The Hall–Kier alpha value is -0.940. The largest absolute Gasteiger partial charge is 0.382 e. The molecule has 1 rings (SSSR count). The molecule has 0 aromatic carbocycles. The third-order valence-corrected chi connectivity index (χ3v) is 2.19. The minimum Gasteiger partial charge on any atom is -0.382 e. The zero-order chi connectivity index (χ0) is 11.1. The summed E-state index contributed by atoms with van der Waals surface area (Å²) >= 11 is 0. The van der Waals surface area contributed by atoms with Crippen molar-refractivity contribution < 1.29 is 4.74 Å². The van der Waals surface area contributed by atoms with Crippen LogP contribution < -0.4 is 5.73 Å². The number of aryl methyl sites for hydroxylation is 1. The Morgan fingerprint density at radius 3 is 3.00 bits per heavy atom. The van der Waals surface area contributed by atoms with Crippen LogP contribution in [0.15, 0.2) is 6.20 Å². The smallest absolute Gasteiger partial charge is 0.0842 e. The highest BCUT2D eigenvalue weighted by Gasteiger charge is 2.06. The van der Waals surface area contributed by atoms with Gasteiger partial charge in [-0.05, 0) is 19.8 Å². The Kier molecular flexibility index (Phi) is 5.28. The first-order chi connectivity index (χ1) is 7.22. The van der Waals surface area contributed by atoms with Crippen molar-refractivity contribution in [2.45, 2.75) is 32.2 Å². The monoisotopic (exact) mass is 212 g/mol. The number of ether oxygens (including phenoxy) is 1. The van der Waals surface area contributed by atoms with Crippen LogP contribution in [0.3, 0.4) is 0 Å². The molecule has 0 aliphatic carbocycles. The lowest BCUT2D eigenvalue weighted by Crippen LogP contribution is -2.23. The van der Waals surface area contributed by atoms with Crippen molar-refractivity contribution in [3.05, 3.63) is 11.9 Å². The molecule has 0 amide bonds. The van der Waals surface area contributed by atoms with E-state index in [0.717, 1.165) is 38.2 Å². The molecule has 5 nitrogen and oxygen atoms in total. The minimum atomic E-state index is 0.155. The van der Waals surface area contributed by atoms with Crippen LogP contribution in [0, 0.1) is 0 Å². The van der Waals surface area contributed by atoms with Gasteiger partial charge in [-0.3, -0.25) is 4.68 Å². The van der Waals surface area contributed by atoms with Crippen LogP contribution in [0.5, 0.6) is 0 Å². The fraction of sp³-hybridized carbons (Fsp3) is 0.800. The fourth-order valence-corrected chi connectivity index (χ4v) is 1.45. The molecule has 5 heteroatoms. The summed E-state index contributed by atoms with van der Waals surface area (Å²) in [7, 11) is 1.86. The molecule has 0 fully saturated rings. The quantitative estimate of drug-likeness (QED) is 0.668. The van der Waals surface area contributed by atoms with Gasteiger partial charge in [-0.2, -0.15) is 0 Å². The number of nitrogens with zero attached hydrogens (tertiary/aromatic N) is 3. The van der Waals surface area contributed by atoms with Crippen molar-refractivity contribution in [3.63, 3.8) is 0 Å². The van der Waals surface area contributed by atoms with Gasteiger partial charge in [-0.15, -0.1) is 5.10 Å². The van der Waals surface area contributed by atoms with Crippen LogP contribution in [-0.2, 0) is 18.2 Å². The van der Waals surface area contributed by atoms with Gasteiger partial charge >= 0.3 is 0 Å². The van der Waals surface area contributed by atoms with Crippen LogP contribution in [0.4, 0.5) is 0 Å². The lowest BCUT2D eigenvalue weighted by Gasteiger charge is -2.08. The Bertz CT molecular complexity index is 274. The first-order valence-electron chi connectivity index (χ1n) is 5.41. The normalized spacial score (nSPS) is 13.0. The summed E-state index contributed by atoms with van der Waals surface area (Å²) < 4.78 is 6.95. The van der Waals surface area contributed by atoms with Crippen LogP contribution in [0.1, 0.15) is 25.5 Å². The third-order valence-electron chi connectivity index (χ3n) is 2.19. The van der Waals surface area contributed by atoms with E-state index in [4.69, 9.17) is 10.5 Å². The lowest BCUT2D eigenvalue weighted by molar-refractivity contribution is 0.142. The summed E-state index contributed by atoms with van der Waals surface area (Å²) in [6.45, 7) is 3.57. The molecule has 86 valence electrons. The zero-order valence-corrected chi connectivity index (χ0v) is 9.52. The number of hydrogen-bond donors (Lipinski definition) is 1. The summed E-state index contributed by atoms with van der Waals surface area (Å²) in [5.74, 6) is 0. The van der Waals surface area contributed by atoms with E-state index in [1.165, 1.54) is 0 Å². The summed E-state index contributed by atoms with van der Waals surface area (Å²) in [4.78, 5) is 0. The second-order valence-electron chi connectivity index (χ2n) is 3.69. The second-order valence-corrected chi connectivity index (χ2v) is 3.69. The van der Waals surface area contributed by atoms with E-state index in [0.29, 0.717) is 0 Å². The summed E-state index contributed by atoms with van der Waals surface area (Å²) in [5, 5.41) is 7.87. The van der Waals surface area contributed by atoms with E-state index < -0.39 is 0 Å². The number of hydrogen-bond acceptors (Lipinski definition) is 4. The van der Waals surface area contributed by atoms with Crippen molar-refractivity contribution in [1.29, 1.82) is 0 Å². The van der Waals surface area contributed by atoms with Gasteiger partial charge in [-0.1, -0.05) is 5.21 Å². The predicted molar refractivity (Wildman–Crippen MR) is 58.4 cm³/mol. The highest BCUT2D eigenvalue weighted by atomic mass is 16.5. The van der Waals surface area contributed by atoms with E-state index in [-0.39, 0.29) is 6.04 Å². The van der Waals surface area contributed by atoms with Gasteiger partial charge in [0.1, 0.15) is 0 Å². The molecule has 1 aromatic heterocycles. The minimum absolute atomic E-state index is 0.155.